The fraction of sp³-hybridized carbons (Fsp3) is 0.111. The van der Waals surface area contributed by atoms with E-state index in [2.05, 4.69) is 10.3 Å². The molecule has 0 amide bonds. The Morgan fingerprint density at radius 2 is 2.21 bits per heavy atom. The van der Waals surface area contributed by atoms with Crippen molar-refractivity contribution in [2.24, 2.45) is 0 Å². The van der Waals surface area contributed by atoms with Crippen LogP contribution in [0.2, 0.25) is 0 Å². The molecule has 1 aliphatic rings. The lowest BCUT2D eigenvalue weighted by atomic mass is 10.0. The molecule has 5 nitrogen and oxygen atoms in total. The Kier molecular flexibility index (Phi) is 1.44. The van der Waals surface area contributed by atoms with Crippen LogP contribution in [0.15, 0.2) is 30.5 Å². The first-order valence-corrected chi connectivity index (χ1v) is 4.38. The van der Waals surface area contributed by atoms with Crippen LogP contribution in [0.5, 0.6) is 0 Å². The molecule has 70 valence electrons. The van der Waals surface area contributed by atoms with Crippen LogP contribution in [0, 0.1) is 5.21 Å². The first kappa shape index (κ1) is 7.66. The Bertz CT molecular complexity index is 479. The van der Waals surface area contributed by atoms with Crippen molar-refractivity contribution >= 4 is 0 Å². The number of nitrogens with zero attached hydrogens (tertiary/aromatic N) is 3. The Morgan fingerprint density at radius 3 is 3.14 bits per heavy atom. The summed E-state index contributed by atoms with van der Waals surface area (Å²) in [6.07, 6.45) is 1.62. The summed E-state index contributed by atoms with van der Waals surface area (Å²) in [5, 5.41) is 19.1. The van der Waals surface area contributed by atoms with E-state index >= 15 is 0 Å². The predicted molar refractivity (Wildman–Crippen MR) is 48.9 cm³/mol. The van der Waals surface area contributed by atoms with Gasteiger partial charge in [0.1, 0.15) is 12.2 Å². The third-order valence-corrected chi connectivity index (χ3v) is 2.42. The molecule has 14 heavy (non-hydrogen) atoms. The lowest BCUT2D eigenvalue weighted by Crippen LogP contribution is -3.09. The first-order valence-electron chi connectivity index (χ1n) is 4.38. The van der Waals surface area contributed by atoms with E-state index in [0.29, 0.717) is 6.54 Å². The summed E-state index contributed by atoms with van der Waals surface area (Å²) < 4.78 is 0. The Balaban J connectivity index is 2.29. The van der Waals surface area contributed by atoms with E-state index in [4.69, 9.17) is 0 Å². The molecule has 1 atom stereocenters. The number of benzene rings is 1. The lowest BCUT2D eigenvalue weighted by Gasteiger charge is -2.27. The van der Waals surface area contributed by atoms with Gasteiger partial charge < -0.3 is 5.21 Å². The third kappa shape index (κ3) is 0.905. The number of rotatable bonds is 0. The van der Waals surface area contributed by atoms with Gasteiger partial charge in [0.15, 0.2) is 0 Å². The van der Waals surface area contributed by atoms with Gasteiger partial charge in [0.25, 0.3) is 0 Å². The van der Waals surface area contributed by atoms with Crippen LogP contribution in [-0.4, -0.2) is 15.1 Å². The zero-order valence-corrected chi connectivity index (χ0v) is 7.34. The molecule has 1 aromatic heterocycles. The van der Waals surface area contributed by atoms with Gasteiger partial charge in [0.05, 0.1) is 6.20 Å². The maximum atomic E-state index is 11.6. The highest BCUT2D eigenvalue weighted by molar-refractivity contribution is 5.63. The van der Waals surface area contributed by atoms with Crippen molar-refractivity contribution in [2.75, 3.05) is 0 Å². The van der Waals surface area contributed by atoms with Crippen LogP contribution in [0.25, 0.3) is 11.3 Å². The summed E-state index contributed by atoms with van der Waals surface area (Å²) in [5.74, 6) is 0. The number of nitrogens with one attached hydrogen (secondary N) is 1. The molecule has 0 saturated carbocycles. The molecule has 5 heteroatoms. The van der Waals surface area contributed by atoms with Crippen LogP contribution in [0.3, 0.4) is 0 Å². The van der Waals surface area contributed by atoms with E-state index in [1.165, 1.54) is 4.79 Å². The number of hydroxylamine groups is 1. The van der Waals surface area contributed by atoms with E-state index in [1.54, 1.807) is 6.20 Å². The standard InChI is InChI=1S/C9H8N4O/c14-12-6-7-3-1-2-4-8(7)9-5-10-11-13(9)12/h1-5,12H,6H2. The molecule has 3 rings (SSSR count). The van der Waals surface area contributed by atoms with Crippen LogP contribution < -0.4 is 5.17 Å². The quantitative estimate of drug-likeness (QED) is 0.572. The minimum absolute atomic E-state index is 0.0174. The topological polar surface area (TPSA) is 58.2 Å². The van der Waals surface area contributed by atoms with E-state index in [9.17, 15) is 5.21 Å². The molecule has 0 saturated heterocycles. The maximum absolute atomic E-state index is 11.6. The molecule has 1 unspecified atom stereocenters. The minimum atomic E-state index is -0.0174. The normalized spacial score (nSPS) is 18.8. The number of hydrogen-bond donors (Lipinski definition) is 1. The van der Waals surface area contributed by atoms with Crippen LogP contribution in [-0.2, 0) is 6.54 Å². The van der Waals surface area contributed by atoms with Crippen molar-refractivity contribution in [1.82, 2.24) is 15.1 Å². The molecule has 2 heterocycles. The lowest BCUT2D eigenvalue weighted by molar-refractivity contribution is -0.916. The highest BCUT2D eigenvalue weighted by Gasteiger charge is 2.21. The molecule has 1 aliphatic heterocycles. The molecular weight excluding hydrogens is 180 g/mol. The van der Waals surface area contributed by atoms with E-state index in [0.717, 1.165) is 16.8 Å². The molecule has 0 aliphatic carbocycles. The van der Waals surface area contributed by atoms with E-state index in [1.807, 2.05) is 24.3 Å². The minimum Gasteiger partial charge on any atom is -0.606 e. The molecule has 0 spiro atoms. The summed E-state index contributed by atoms with van der Waals surface area (Å²) in [6.45, 7) is 0.409. The largest absolute Gasteiger partial charge is 0.606 e. The average Bonchev–Trinajstić information content (AvgIpc) is 2.67. The van der Waals surface area contributed by atoms with Crippen molar-refractivity contribution in [3.63, 3.8) is 0 Å². The molecule has 0 bridgehead atoms. The van der Waals surface area contributed by atoms with Gasteiger partial charge in [-0.05, 0) is 5.21 Å². The number of hydrogen-bond acceptors (Lipinski definition) is 3. The maximum Gasteiger partial charge on any atom is 0.145 e. The highest BCUT2D eigenvalue weighted by Crippen LogP contribution is 2.22. The van der Waals surface area contributed by atoms with Crippen molar-refractivity contribution in [2.45, 2.75) is 6.54 Å². The first-order chi connectivity index (χ1) is 6.86. The van der Waals surface area contributed by atoms with E-state index in [-0.39, 0.29) is 5.17 Å². The average molecular weight is 188 g/mol. The summed E-state index contributed by atoms with van der Waals surface area (Å²) in [4.78, 5) is 1.36. The molecule has 2 aromatic rings. The Hall–Kier alpha value is -1.72. The van der Waals surface area contributed by atoms with Gasteiger partial charge in [-0.15, -0.1) is 5.10 Å². The smallest absolute Gasteiger partial charge is 0.145 e. The van der Waals surface area contributed by atoms with Crippen molar-refractivity contribution < 1.29 is 5.17 Å². The van der Waals surface area contributed by atoms with E-state index < -0.39 is 0 Å². The second-order valence-corrected chi connectivity index (χ2v) is 3.26. The Labute approximate surface area is 80.1 Å². The zero-order chi connectivity index (χ0) is 9.54. The zero-order valence-electron chi connectivity index (χ0n) is 7.34. The second kappa shape index (κ2) is 2.63. The van der Waals surface area contributed by atoms with Crippen LogP contribution in [0.4, 0.5) is 0 Å². The fourth-order valence-electron chi connectivity index (χ4n) is 1.77. The van der Waals surface area contributed by atoms with Gasteiger partial charge >= 0.3 is 0 Å². The van der Waals surface area contributed by atoms with Gasteiger partial charge in [0, 0.05) is 11.1 Å². The highest BCUT2D eigenvalue weighted by atomic mass is 16.5. The van der Waals surface area contributed by atoms with Gasteiger partial charge in [-0.25, -0.2) is 5.17 Å². The summed E-state index contributed by atoms with van der Waals surface area (Å²) in [7, 11) is 0. The van der Waals surface area contributed by atoms with Gasteiger partial charge in [-0.2, -0.15) is 0 Å². The number of quaternary nitrogens is 1. The molecule has 0 fully saturated rings. The fourth-order valence-corrected chi connectivity index (χ4v) is 1.77. The van der Waals surface area contributed by atoms with Gasteiger partial charge in [0.2, 0.25) is 0 Å². The summed E-state index contributed by atoms with van der Waals surface area (Å²) in [5.41, 5.74) is 2.89. The molecule has 0 radical (unpaired) electrons. The Morgan fingerprint density at radius 1 is 1.36 bits per heavy atom. The number of aromatic nitrogens is 3. The molecule has 1 aromatic carbocycles. The molecular formula is C9H8N4O. The van der Waals surface area contributed by atoms with Crippen molar-refractivity contribution in [1.29, 1.82) is 0 Å². The summed E-state index contributed by atoms with van der Waals surface area (Å²) >= 11 is 0. The van der Waals surface area contributed by atoms with Crippen LogP contribution >= 0.6 is 0 Å². The SMILES string of the molecule is [O-][NH+]1Cc2ccccc2-c2cnnn21. The predicted octanol–water partition coefficient (Wildman–Crippen LogP) is -0.396. The van der Waals surface area contributed by atoms with Crippen molar-refractivity contribution in [3.05, 3.63) is 41.2 Å². The van der Waals surface area contributed by atoms with Crippen molar-refractivity contribution in [3.8, 4) is 11.3 Å². The van der Waals surface area contributed by atoms with Crippen LogP contribution in [0.1, 0.15) is 5.56 Å². The van der Waals surface area contributed by atoms with Gasteiger partial charge in [-0.1, -0.05) is 29.1 Å². The number of fused-ring (bicyclic) bond motifs is 3. The second-order valence-electron chi connectivity index (χ2n) is 3.26. The summed E-state index contributed by atoms with van der Waals surface area (Å²) in [6, 6.07) is 7.83. The monoisotopic (exact) mass is 188 g/mol. The molecule has 1 N–H and O–H groups in total. The third-order valence-electron chi connectivity index (χ3n) is 2.42. The van der Waals surface area contributed by atoms with Gasteiger partial charge in [-0.3, -0.25) is 0 Å².